The zero-order valence-corrected chi connectivity index (χ0v) is 11.5. The molecule has 0 heterocycles. The van der Waals surface area contributed by atoms with Crippen molar-refractivity contribution >= 4 is 11.8 Å². The Morgan fingerprint density at radius 2 is 1.69 bits per heavy atom. The second-order valence-corrected chi connectivity index (χ2v) is 6.70. The highest BCUT2D eigenvalue weighted by Crippen LogP contribution is 2.31. The molecular formula is C14H27NS. The first-order valence-corrected chi connectivity index (χ1v) is 8.30. The Morgan fingerprint density at radius 3 is 2.31 bits per heavy atom. The van der Waals surface area contributed by atoms with Gasteiger partial charge in [-0.25, -0.2) is 0 Å². The molecule has 0 aromatic rings. The van der Waals surface area contributed by atoms with Crippen LogP contribution in [0.1, 0.15) is 51.4 Å². The predicted molar refractivity (Wildman–Crippen MR) is 74.1 cm³/mol. The van der Waals surface area contributed by atoms with Crippen LogP contribution in [0.25, 0.3) is 0 Å². The van der Waals surface area contributed by atoms with E-state index in [9.17, 15) is 0 Å². The molecule has 1 atom stereocenters. The van der Waals surface area contributed by atoms with Gasteiger partial charge < -0.3 is 5.32 Å². The van der Waals surface area contributed by atoms with Crippen LogP contribution in [-0.4, -0.2) is 24.6 Å². The maximum Gasteiger partial charge on any atom is 0.0183 e. The van der Waals surface area contributed by atoms with Gasteiger partial charge in [0, 0.05) is 11.8 Å². The van der Waals surface area contributed by atoms with Crippen LogP contribution in [0.2, 0.25) is 0 Å². The van der Waals surface area contributed by atoms with E-state index in [1.165, 1.54) is 62.9 Å². The number of hydrogen-bond donors (Lipinski definition) is 1. The van der Waals surface area contributed by atoms with E-state index in [1.807, 2.05) is 0 Å². The van der Waals surface area contributed by atoms with Crippen LogP contribution >= 0.6 is 11.8 Å². The van der Waals surface area contributed by atoms with Crippen LogP contribution < -0.4 is 5.32 Å². The molecule has 1 N–H and O–H groups in total. The molecule has 0 saturated heterocycles. The standard InChI is InChI=1S/C14H27NS/c1-15-14(13-8-4-5-9-13)11-16-10-12-6-2-3-7-12/h12-15H,2-11H2,1H3. The zero-order chi connectivity index (χ0) is 11.2. The molecule has 0 bridgehead atoms. The van der Waals surface area contributed by atoms with Gasteiger partial charge in [0.25, 0.3) is 0 Å². The van der Waals surface area contributed by atoms with Crippen molar-refractivity contribution < 1.29 is 0 Å². The molecule has 0 aromatic carbocycles. The van der Waals surface area contributed by atoms with Gasteiger partial charge in [0.15, 0.2) is 0 Å². The van der Waals surface area contributed by atoms with Crippen LogP contribution in [-0.2, 0) is 0 Å². The fourth-order valence-electron chi connectivity index (χ4n) is 3.35. The lowest BCUT2D eigenvalue weighted by Crippen LogP contribution is -2.34. The molecule has 2 fully saturated rings. The largest absolute Gasteiger partial charge is 0.316 e. The highest BCUT2D eigenvalue weighted by atomic mass is 32.2. The molecule has 0 aliphatic heterocycles. The first-order chi connectivity index (χ1) is 7.90. The van der Waals surface area contributed by atoms with Crippen molar-refractivity contribution in [3.8, 4) is 0 Å². The van der Waals surface area contributed by atoms with Crippen molar-refractivity contribution in [1.29, 1.82) is 0 Å². The third-order valence-electron chi connectivity index (χ3n) is 4.47. The molecule has 16 heavy (non-hydrogen) atoms. The minimum Gasteiger partial charge on any atom is -0.316 e. The van der Waals surface area contributed by atoms with Crippen LogP contribution in [0.15, 0.2) is 0 Å². The van der Waals surface area contributed by atoms with Crippen molar-refractivity contribution in [2.24, 2.45) is 11.8 Å². The monoisotopic (exact) mass is 241 g/mol. The molecule has 1 unspecified atom stereocenters. The minimum absolute atomic E-state index is 0.786. The molecule has 2 saturated carbocycles. The van der Waals surface area contributed by atoms with Gasteiger partial charge in [0.05, 0.1) is 0 Å². The SMILES string of the molecule is CNC(CSCC1CCCC1)C1CCCC1. The molecular weight excluding hydrogens is 214 g/mol. The van der Waals surface area contributed by atoms with Crippen molar-refractivity contribution in [3.63, 3.8) is 0 Å². The molecule has 0 radical (unpaired) electrons. The first-order valence-electron chi connectivity index (χ1n) is 7.15. The summed E-state index contributed by atoms with van der Waals surface area (Å²) in [5.74, 6) is 4.79. The van der Waals surface area contributed by atoms with Crippen LogP contribution in [0.4, 0.5) is 0 Å². The van der Waals surface area contributed by atoms with E-state index in [0.717, 1.165) is 17.9 Å². The van der Waals surface area contributed by atoms with Gasteiger partial charge in [0.1, 0.15) is 0 Å². The smallest absolute Gasteiger partial charge is 0.0183 e. The molecule has 1 nitrogen and oxygen atoms in total. The molecule has 2 heteroatoms. The van der Waals surface area contributed by atoms with Crippen molar-refractivity contribution in [2.45, 2.75) is 57.4 Å². The van der Waals surface area contributed by atoms with Gasteiger partial charge in [-0.15, -0.1) is 0 Å². The summed E-state index contributed by atoms with van der Waals surface area (Å²) in [7, 11) is 2.15. The van der Waals surface area contributed by atoms with Gasteiger partial charge in [-0.1, -0.05) is 25.7 Å². The van der Waals surface area contributed by atoms with E-state index in [2.05, 4.69) is 24.1 Å². The first kappa shape index (κ1) is 12.8. The molecule has 2 aliphatic carbocycles. The van der Waals surface area contributed by atoms with E-state index in [0.29, 0.717) is 0 Å². The normalized spacial score (nSPS) is 25.3. The van der Waals surface area contributed by atoms with Gasteiger partial charge in [-0.05, 0) is 50.3 Å². The van der Waals surface area contributed by atoms with E-state index in [-0.39, 0.29) is 0 Å². The van der Waals surface area contributed by atoms with E-state index < -0.39 is 0 Å². The van der Waals surface area contributed by atoms with Crippen molar-refractivity contribution in [3.05, 3.63) is 0 Å². The average molecular weight is 241 g/mol. The summed E-state index contributed by atoms with van der Waals surface area (Å²) in [4.78, 5) is 0. The average Bonchev–Trinajstić information content (AvgIpc) is 2.96. The number of hydrogen-bond acceptors (Lipinski definition) is 2. The lowest BCUT2D eigenvalue weighted by Gasteiger charge is -2.23. The predicted octanol–water partition coefficient (Wildman–Crippen LogP) is 3.69. The third-order valence-corrected chi connectivity index (χ3v) is 5.77. The fourth-order valence-corrected chi connectivity index (χ4v) is 4.85. The Kier molecular flexibility index (Phi) is 5.51. The summed E-state index contributed by atoms with van der Waals surface area (Å²) in [6.45, 7) is 0. The summed E-state index contributed by atoms with van der Waals surface area (Å²) < 4.78 is 0. The Balaban J connectivity index is 1.62. The molecule has 0 spiro atoms. The highest BCUT2D eigenvalue weighted by Gasteiger charge is 2.24. The van der Waals surface area contributed by atoms with E-state index in [4.69, 9.17) is 0 Å². The molecule has 2 aliphatic rings. The Bertz CT molecular complexity index is 183. The molecule has 2 rings (SSSR count). The number of thioether (sulfide) groups is 1. The van der Waals surface area contributed by atoms with E-state index in [1.54, 1.807) is 0 Å². The summed E-state index contributed by atoms with van der Waals surface area (Å²) in [6, 6.07) is 0.786. The summed E-state index contributed by atoms with van der Waals surface area (Å²) in [5, 5.41) is 3.55. The van der Waals surface area contributed by atoms with E-state index >= 15 is 0 Å². The Hall–Kier alpha value is 0.310. The van der Waals surface area contributed by atoms with Crippen LogP contribution in [0.3, 0.4) is 0 Å². The summed E-state index contributed by atoms with van der Waals surface area (Å²) >= 11 is 2.21. The molecule has 94 valence electrons. The number of rotatable bonds is 6. The van der Waals surface area contributed by atoms with Crippen LogP contribution in [0, 0.1) is 11.8 Å². The molecule has 0 amide bonds. The maximum absolute atomic E-state index is 3.55. The fraction of sp³-hybridized carbons (Fsp3) is 1.00. The van der Waals surface area contributed by atoms with Gasteiger partial charge in [-0.3, -0.25) is 0 Å². The zero-order valence-electron chi connectivity index (χ0n) is 10.7. The Morgan fingerprint density at radius 1 is 1.06 bits per heavy atom. The maximum atomic E-state index is 3.55. The van der Waals surface area contributed by atoms with Crippen molar-refractivity contribution in [2.75, 3.05) is 18.6 Å². The molecule has 0 aromatic heterocycles. The second kappa shape index (κ2) is 6.90. The topological polar surface area (TPSA) is 12.0 Å². The van der Waals surface area contributed by atoms with Gasteiger partial charge >= 0.3 is 0 Å². The van der Waals surface area contributed by atoms with Gasteiger partial charge in [-0.2, -0.15) is 11.8 Å². The lowest BCUT2D eigenvalue weighted by atomic mass is 10.0. The van der Waals surface area contributed by atoms with Crippen LogP contribution in [0.5, 0.6) is 0 Å². The highest BCUT2D eigenvalue weighted by molar-refractivity contribution is 7.99. The quantitative estimate of drug-likeness (QED) is 0.761. The third kappa shape index (κ3) is 3.66. The lowest BCUT2D eigenvalue weighted by molar-refractivity contribution is 0.410. The second-order valence-electron chi connectivity index (χ2n) is 5.63. The summed E-state index contributed by atoms with van der Waals surface area (Å²) in [6.07, 6.45) is 11.9. The number of nitrogens with one attached hydrogen (secondary N) is 1. The van der Waals surface area contributed by atoms with Gasteiger partial charge in [0.2, 0.25) is 0 Å². The van der Waals surface area contributed by atoms with Crippen molar-refractivity contribution in [1.82, 2.24) is 5.32 Å². The Labute approximate surface area is 105 Å². The summed E-state index contributed by atoms with van der Waals surface area (Å²) in [5.41, 5.74) is 0. The minimum atomic E-state index is 0.786.